The Morgan fingerprint density at radius 1 is 1.06 bits per heavy atom. The molecule has 0 spiro atoms. The van der Waals surface area contributed by atoms with E-state index in [0.717, 1.165) is 5.76 Å². The van der Waals surface area contributed by atoms with E-state index in [1.165, 1.54) is 5.56 Å². The molecule has 0 amide bonds. The van der Waals surface area contributed by atoms with E-state index >= 15 is 0 Å². The zero-order chi connectivity index (χ0) is 11.4. The van der Waals surface area contributed by atoms with Crippen molar-refractivity contribution in [3.63, 3.8) is 0 Å². The van der Waals surface area contributed by atoms with Gasteiger partial charge in [0.05, 0.1) is 12.3 Å². The van der Waals surface area contributed by atoms with E-state index in [4.69, 9.17) is 4.42 Å². The molecule has 16 heavy (non-hydrogen) atoms. The Morgan fingerprint density at radius 2 is 1.81 bits per heavy atom. The monoisotopic (exact) mass is 215 g/mol. The standard InChI is InChI=1S/C14H17NO/c1-11(12-7-4-3-5-8-12)14(15-2)13-9-6-10-16-13/h3-11,14-15H,1-2H3/t11-,14+/m1/s1. The minimum absolute atomic E-state index is 0.220. The average molecular weight is 215 g/mol. The predicted octanol–water partition coefficient (Wildman–Crippen LogP) is 3.34. The highest BCUT2D eigenvalue weighted by Crippen LogP contribution is 2.30. The lowest BCUT2D eigenvalue weighted by molar-refractivity contribution is 0.395. The summed E-state index contributed by atoms with van der Waals surface area (Å²) in [5.41, 5.74) is 1.32. The summed E-state index contributed by atoms with van der Waals surface area (Å²) in [6.07, 6.45) is 1.72. The summed E-state index contributed by atoms with van der Waals surface area (Å²) in [5.74, 6) is 1.37. The van der Waals surface area contributed by atoms with Crippen LogP contribution >= 0.6 is 0 Å². The fraction of sp³-hybridized carbons (Fsp3) is 0.286. The van der Waals surface area contributed by atoms with Gasteiger partial charge in [0, 0.05) is 5.92 Å². The Kier molecular flexibility index (Phi) is 3.42. The van der Waals surface area contributed by atoms with Crippen LogP contribution in [0.15, 0.2) is 53.1 Å². The second kappa shape index (κ2) is 4.99. The molecule has 84 valence electrons. The van der Waals surface area contributed by atoms with Crippen molar-refractivity contribution in [2.45, 2.75) is 18.9 Å². The molecule has 2 atom stereocenters. The maximum Gasteiger partial charge on any atom is 0.121 e. The van der Waals surface area contributed by atoms with Crippen LogP contribution in [0.4, 0.5) is 0 Å². The lowest BCUT2D eigenvalue weighted by atomic mass is 9.92. The van der Waals surface area contributed by atoms with Gasteiger partial charge >= 0.3 is 0 Å². The van der Waals surface area contributed by atoms with Gasteiger partial charge in [0.1, 0.15) is 5.76 Å². The first-order valence-electron chi connectivity index (χ1n) is 5.58. The van der Waals surface area contributed by atoms with Crippen LogP contribution in [-0.4, -0.2) is 7.05 Å². The van der Waals surface area contributed by atoms with Gasteiger partial charge in [-0.3, -0.25) is 0 Å². The van der Waals surface area contributed by atoms with Crippen LogP contribution in [0, 0.1) is 0 Å². The summed E-state index contributed by atoms with van der Waals surface area (Å²) < 4.78 is 5.47. The van der Waals surface area contributed by atoms with E-state index in [1.807, 2.05) is 25.2 Å². The summed E-state index contributed by atoms with van der Waals surface area (Å²) in [4.78, 5) is 0. The normalized spacial score (nSPS) is 14.6. The molecule has 0 saturated heterocycles. The van der Waals surface area contributed by atoms with Crippen molar-refractivity contribution < 1.29 is 4.42 Å². The van der Waals surface area contributed by atoms with Gasteiger partial charge in [0.25, 0.3) is 0 Å². The number of hydrogen-bond acceptors (Lipinski definition) is 2. The number of nitrogens with one attached hydrogen (secondary N) is 1. The fourth-order valence-corrected chi connectivity index (χ4v) is 2.06. The zero-order valence-electron chi connectivity index (χ0n) is 9.68. The molecule has 0 unspecified atom stereocenters. The topological polar surface area (TPSA) is 25.2 Å². The zero-order valence-corrected chi connectivity index (χ0v) is 9.68. The summed E-state index contributed by atoms with van der Waals surface area (Å²) in [6.45, 7) is 2.21. The maximum atomic E-state index is 5.47. The quantitative estimate of drug-likeness (QED) is 0.846. The third-order valence-corrected chi connectivity index (χ3v) is 2.99. The Hall–Kier alpha value is -1.54. The Labute approximate surface area is 96.3 Å². The van der Waals surface area contributed by atoms with Gasteiger partial charge < -0.3 is 9.73 Å². The molecule has 2 aromatic rings. The number of likely N-dealkylation sites (N-methyl/N-ethyl adjacent to an activating group) is 1. The van der Waals surface area contributed by atoms with Gasteiger partial charge in [-0.15, -0.1) is 0 Å². The highest BCUT2D eigenvalue weighted by molar-refractivity contribution is 5.23. The summed E-state index contributed by atoms with van der Waals surface area (Å²) >= 11 is 0. The summed E-state index contributed by atoms with van der Waals surface area (Å²) in [7, 11) is 1.96. The number of benzene rings is 1. The average Bonchev–Trinajstić information content (AvgIpc) is 2.85. The SMILES string of the molecule is CN[C@H](c1ccco1)[C@H](C)c1ccccc1. The number of rotatable bonds is 4. The molecule has 0 aliphatic heterocycles. The van der Waals surface area contributed by atoms with Gasteiger partial charge in [-0.05, 0) is 24.7 Å². The Bertz CT molecular complexity index is 408. The minimum Gasteiger partial charge on any atom is -0.468 e. The minimum atomic E-state index is 0.220. The Balaban J connectivity index is 2.23. The van der Waals surface area contributed by atoms with Crippen molar-refractivity contribution in [1.82, 2.24) is 5.32 Å². The summed E-state index contributed by atoms with van der Waals surface area (Å²) in [5, 5.41) is 3.31. The number of hydrogen-bond donors (Lipinski definition) is 1. The highest BCUT2D eigenvalue weighted by Gasteiger charge is 2.20. The van der Waals surface area contributed by atoms with Crippen LogP contribution in [0.25, 0.3) is 0 Å². The molecule has 2 heteroatoms. The van der Waals surface area contributed by atoms with Crippen LogP contribution in [0.5, 0.6) is 0 Å². The van der Waals surface area contributed by atoms with E-state index in [0.29, 0.717) is 5.92 Å². The van der Waals surface area contributed by atoms with Gasteiger partial charge in [0.2, 0.25) is 0 Å². The first-order chi connectivity index (χ1) is 7.83. The highest BCUT2D eigenvalue weighted by atomic mass is 16.3. The molecule has 0 aliphatic carbocycles. The van der Waals surface area contributed by atoms with Gasteiger partial charge in [-0.1, -0.05) is 37.3 Å². The molecular formula is C14H17NO. The third-order valence-electron chi connectivity index (χ3n) is 2.99. The van der Waals surface area contributed by atoms with Gasteiger partial charge in [0.15, 0.2) is 0 Å². The van der Waals surface area contributed by atoms with Crippen LogP contribution in [-0.2, 0) is 0 Å². The second-order valence-electron chi connectivity index (χ2n) is 3.98. The van der Waals surface area contributed by atoms with E-state index in [9.17, 15) is 0 Å². The second-order valence-corrected chi connectivity index (χ2v) is 3.98. The van der Waals surface area contributed by atoms with Crippen LogP contribution in [0.1, 0.15) is 30.2 Å². The predicted molar refractivity (Wildman–Crippen MR) is 65.4 cm³/mol. The van der Waals surface area contributed by atoms with Crippen LogP contribution in [0.3, 0.4) is 0 Å². The smallest absolute Gasteiger partial charge is 0.121 e. The van der Waals surface area contributed by atoms with E-state index in [1.54, 1.807) is 6.26 Å². The third kappa shape index (κ3) is 2.17. The van der Waals surface area contributed by atoms with Crippen molar-refractivity contribution in [3.05, 3.63) is 60.1 Å². The molecule has 0 saturated carbocycles. The molecule has 0 fully saturated rings. The van der Waals surface area contributed by atoms with E-state index in [2.05, 4.69) is 36.5 Å². The molecule has 1 aromatic heterocycles. The molecule has 2 rings (SSSR count). The van der Waals surface area contributed by atoms with Crippen molar-refractivity contribution in [2.75, 3.05) is 7.05 Å². The summed E-state index contributed by atoms with van der Waals surface area (Å²) in [6, 6.07) is 14.6. The first-order valence-corrected chi connectivity index (χ1v) is 5.58. The molecule has 2 nitrogen and oxygen atoms in total. The molecule has 1 aromatic carbocycles. The van der Waals surface area contributed by atoms with Crippen molar-refractivity contribution in [1.29, 1.82) is 0 Å². The molecule has 0 bridgehead atoms. The Morgan fingerprint density at radius 3 is 2.38 bits per heavy atom. The van der Waals surface area contributed by atoms with Gasteiger partial charge in [-0.2, -0.15) is 0 Å². The molecule has 0 aliphatic rings. The van der Waals surface area contributed by atoms with Crippen LogP contribution in [0.2, 0.25) is 0 Å². The van der Waals surface area contributed by atoms with Gasteiger partial charge in [-0.25, -0.2) is 0 Å². The molecule has 0 radical (unpaired) electrons. The van der Waals surface area contributed by atoms with Crippen molar-refractivity contribution >= 4 is 0 Å². The lowest BCUT2D eigenvalue weighted by Gasteiger charge is -2.21. The fourth-order valence-electron chi connectivity index (χ4n) is 2.06. The van der Waals surface area contributed by atoms with E-state index in [-0.39, 0.29) is 6.04 Å². The maximum absolute atomic E-state index is 5.47. The largest absolute Gasteiger partial charge is 0.468 e. The lowest BCUT2D eigenvalue weighted by Crippen LogP contribution is -2.21. The van der Waals surface area contributed by atoms with E-state index < -0.39 is 0 Å². The van der Waals surface area contributed by atoms with Crippen LogP contribution < -0.4 is 5.32 Å². The van der Waals surface area contributed by atoms with Crippen molar-refractivity contribution in [3.8, 4) is 0 Å². The number of furan rings is 1. The van der Waals surface area contributed by atoms with Crippen molar-refractivity contribution in [2.24, 2.45) is 0 Å². The molecule has 1 N–H and O–H groups in total. The first kappa shape index (κ1) is 11.0. The molecular weight excluding hydrogens is 198 g/mol. The molecule has 1 heterocycles.